The lowest BCUT2D eigenvalue weighted by Gasteiger charge is -2.01. The molecule has 0 saturated heterocycles. The minimum Gasteiger partial charge on any atom is -0.780 e. The van der Waals surface area contributed by atoms with E-state index in [9.17, 15) is 0 Å². The average Bonchev–Trinajstić information content (AvgIpc) is 1.64. The van der Waals surface area contributed by atoms with Gasteiger partial charge in [0.05, 0.1) is 0 Å². The fourth-order valence-electron chi connectivity index (χ4n) is 0.467. The van der Waals surface area contributed by atoms with Crippen molar-refractivity contribution < 1.29 is 0 Å². The number of hydrogen-bond acceptors (Lipinski definition) is 1. The third-order valence-electron chi connectivity index (χ3n) is 0.796. The molecule has 1 aromatic rings. The molecule has 1 rings (SSSR count). The van der Waals surface area contributed by atoms with E-state index in [2.05, 4.69) is 0 Å². The molecule has 0 unspecified atom stereocenters. The van der Waals surface area contributed by atoms with Gasteiger partial charge in [-0.1, -0.05) is 29.8 Å². The van der Waals surface area contributed by atoms with Crippen molar-refractivity contribution >= 4 is 24.2 Å². The highest BCUT2D eigenvalue weighted by atomic mass is 35.5. The molecule has 1 aromatic carbocycles. The Hall–Kier alpha value is -0.270. The lowest BCUT2D eigenvalue weighted by molar-refractivity contribution is 1.48. The van der Waals surface area contributed by atoms with Crippen LogP contribution in [0, 0.1) is 0 Å². The van der Waals surface area contributed by atoms with Crippen molar-refractivity contribution in [3.8, 4) is 0 Å². The summed E-state index contributed by atoms with van der Waals surface area (Å²) in [7, 11) is 0. The molecule has 0 N–H and O–H groups in total. The van der Waals surface area contributed by atoms with E-state index in [0.717, 1.165) is 4.90 Å². The van der Waals surface area contributed by atoms with Crippen molar-refractivity contribution in [2.45, 2.75) is 4.90 Å². The van der Waals surface area contributed by atoms with Gasteiger partial charge < -0.3 is 12.6 Å². The Morgan fingerprint density at radius 3 is 2.50 bits per heavy atom. The van der Waals surface area contributed by atoms with E-state index in [4.69, 9.17) is 24.2 Å². The Morgan fingerprint density at radius 1 is 1.38 bits per heavy atom. The summed E-state index contributed by atoms with van der Waals surface area (Å²) in [6, 6.07) is 7.22. The lowest BCUT2D eigenvalue weighted by atomic mass is 10.4. The first-order valence-electron chi connectivity index (χ1n) is 2.21. The average molecular weight is 144 g/mol. The highest BCUT2D eigenvalue weighted by Gasteiger charge is 1.77. The van der Waals surface area contributed by atoms with Crippen molar-refractivity contribution in [3.05, 3.63) is 29.3 Å². The van der Waals surface area contributed by atoms with Crippen LogP contribution in [-0.2, 0) is 12.6 Å². The minimum atomic E-state index is 0.706. The van der Waals surface area contributed by atoms with Crippen molar-refractivity contribution in [1.29, 1.82) is 0 Å². The van der Waals surface area contributed by atoms with Crippen molar-refractivity contribution in [1.82, 2.24) is 0 Å². The SMILES string of the molecule is [S-]c1cccc(Cl)c1. The van der Waals surface area contributed by atoms with Crippen LogP contribution in [0.4, 0.5) is 0 Å². The van der Waals surface area contributed by atoms with Crippen LogP contribution in [0.15, 0.2) is 29.2 Å². The van der Waals surface area contributed by atoms with Crippen LogP contribution in [0.25, 0.3) is 0 Å². The molecule has 0 bridgehead atoms. The van der Waals surface area contributed by atoms with Crippen molar-refractivity contribution in [2.24, 2.45) is 0 Å². The monoisotopic (exact) mass is 143 g/mol. The zero-order valence-corrected chi connectivity index (χ0v) is 5.67. The van der Waals surface area contributed by atoms with Crippen LogP contribution >= 0.6 is 11.6 Å². The lowest BCUT2D eigenvalue weighted by Crippen LogP contribution is -1.66. The van der Waals surface area contributed by atoms with E-state index >= 15 is 0 Å². The van der Waals surface area contributed by atoms with Crippen molar-refractivity contribution in [3.63, 3.8) is 0 Å². The Kier molecular flexibility index (Phi) is 1.71. The topological polar surface area (TPSA) is 0 Å². The van der Waals surface area contributed by atoms with Crippen LogP contribution in [-0.4, -0.2) is 0 Å². The maximum Gasteiger partial charge on any atom is 0.0391 e. The third-order valence-corrected chi connectivity index (χ3v) is 1.29. The molecular weight excluding hydrogens is 140 g/mol. The summed E-state index contributed by atoms with van der Waals surface area (Å²) >= 11 is 10.4. The third kappa shape index (κ3) is 1.35. The molecule has 0 nitrogen and oxygen atoms in total. The number of hydrogen-bond donors (Lipinski definition) is 0. The van der Waals surface area contributed by atoms with E-state index in [1.165, 1.54) is 0 Å². The van der Waals surface area contributed by atoms with E-state index in [1.54, 1.807) is 12.1 Å². The van der Waals surface area contributed by atoms with Crippen LogP contribution in [0.2, 0.25) is 5.02 Å². The van der Waals surface area contributed by atoms with Gasteiger partial charge in [-0.25, -0.2) is 0 Å². The number of rotatable bonds is 0. The first-order chi connectivity index (χ1) is 3.79. The number of benzene rings is 1. The fourth-order valence-corrected chi connectivity index (χ4v) is 0.928. The summed E-state index contributed by atoms with van der Waals surface area (Å²) in [5.74, 6) is 0. The molecule has 0 spiro atoms. The van der Waals surface area contributed by atoms with Gasteiger partial charge in [0.2, 0.25) is 0 Å². The Balaban J connectivity index is 3.08. The molecule has 0 heterocycles. The highest BCUT2D eigenvalue weighted by Crippen LogP contribution is 2.08. The van der Waals surface area contributed by atoms with Gasteiger partial charge in [0.1, 0.15) is 0 Å². The molecule has 0 radical (unpaired) electrons. The molecule has 0 amide bonds. The van der Waals surface area contributed by atoms with Gasteiger partial charge in [-0.2, -0.15) is 4.90 Å². The molecule has 2 heteroatoms. The maximum atomic E-state index is 5.58. The molecule has 8 heavy (non-hydrogen) atoms. The summed E-state index contributed by atoms with van der Waals surface area (Å²) in [5, 5.41) is 0.706. The van der Waals surface area contributed by atoms with Crippen LogP contribution in [0.5, 0.6) is 0 Å². The van der Waals surface area contributed by atoms with Gasteiger partial charge in [-0.15, -0.1) is 0 Å². The standard InChI is InChI=1S/C6H5ClS/c7-5-2-1-3-6(8)4-5/h1-4,8H/p-1. The van der Waals surface area contributed by atoms with Gasteiger partial charge in [0.15, 0.2) is 0 Å². The predicted octanol–water partition coefficient (Wildman–Crippen LogP) is 2.25. The normalized spacial score (nSPS) is 9.12. The van der Waals surface area contributed by atoms with Gasteiger partial charge in [0.25, 0.3) is 0 Å². The Labute approximate surface area is 58.9 Å². The molecule has 0 fully saturated rings. The number of halogens is 1. The second-order valence-electron chi connectivity index (χ2n) is 1.46. The van der Waals surface area contributed by atoms with E-state index in [-0.39, 0.29) is 0 Å². The quantitative estimate of drug-likeness (QED) is 0.502. The minimum absolute atomic E-state index is 0.706. The molecule has 0 aliphatic heterocycles. The summed E-state index contributed by atoms with van der Waals surface area (Å²) in [5.41, 5.74) is 0. The second-order valence-corrected chi connectivity index (χ2v) is 2.37. The largest absolute Gasteiger partial charge is 0.780 e. The van der Waals surface area contributed by atoms with E-state index < -0.39 is 0 Å². The second kappa shape index (κ2) is 2.33. The highest BCUT2D eigenvalue weighted by molar-refractivity contribution is 7.58. The predicted molar refractivity (Wildman–Crippen MR) is 37.1 cm³/mol. The van der Waals surface area contributed by atoms with Gasteiger partial charge >= 0.3 is 0 Å². The molecule has 0 aliphatic carbocycles. The zero-order chi connectivity index (χ0) is 5.98. The Morgan fingerprint density at radius 2 is 2.12 bits per heavy atom. The molecule has 0 atom stereocenters. The zero-order valence-electron chi connectivity index (χ0n) is 4.10. The van der Waals surface area contributed by atoms with Crippen LogP contribution in [0.1, 0.15) is 0 Å². The smallest absolute Gasteiger partial charge is 0.0391 e. The van der Waals surface area contributed by atoms with E-state index in [0.29, 0.717) is 5.02 Å². The van der Waals surface area contributed by atoms with Crippen LogP contribution in [0.3, 0.4) is 0 Å². The summed E-state index contributed by atoms with van der Waals surface area (Å²) in [6.07, 6.45) is 0. The maximum absolute atomic E-state index is 5.58. The van der Waals surface area contributed by atoms with E-state index in [1.807, 2.05) is 12.1 Å². The summed E-state index contributed by atoms with van der Waals surface area (Å²) < 4.78 is 0. The fraction of sp³-hybridized carbons (Fsp3) is 0. The first-order valence-corrected chi connectivity index (χ1v) is 3.00. The molecule has 0 aromatic heterocycles. The summed E-state index contributed by atoms with van der Waals surface area (Å²) in [4.78, 5) is 0.789. The van der Waals surface area contributed by atoms with Gasteiger partial charge in [-0.3, -0.25) is 0 Å². The van der Waals surface area contributed by atoms with Gasteiger partial charge in [0, 0.05) is 5.02 Å². The first kappa shape index (κ1) is 5.86. The molecule has 42 valence electrons. The molecule has 0 aliphatic rings. The molecular formula is C6H4ClS-. The van der Waals surface area contributed by atoms with Gasteiger partial charge in [-0.05, 0) is 6.07 Å². The molecule has 0 saturated carbocycles. The Bertz CT molecular complexity index is 168. The summed E-state index contributed by atoms with van der Waals surface area (Å²) in [6.45, 7) is 0. The van der Waals surface area contributed by atoms with Crippen molar-refractivity contribution in [2.75, 3.05) is 0 Å². The van der Waals surface area contributed by atoms with Crippen LogP contribution < -0.4 is 0 Å².